The Bertz CT molecular complexity index is 467. The molecule has 0 aromatic carbocycles. The Morgan fingerprint density at radius 2 is 2.11 bits per heavy atom. The van der Waals surface area contributed by atoms with Gasteiger partial charge in [0.2, 0.25) is 10.0 Å². The van der Waals surface area contributed by atoms with Gasteiger partial charge < -0.3 is 5.32 Å². The normalized spacial score (nSPS) is 11.9. The largest absolute Gasteiger partial charge is 0.312 e. The number of rotatable bonds is 8. The van der Waals surface area contributed by atoms with Crippen molar-refractivity contribution in [2.45, 2.75) is 26.3 Å². The molecule has 1 aromatic rings. The van der Waals surface area contributed by atoms with Crippen LogP contribution >= 0.6 is 0 Å². The molecule has 0 aliphatic heterocycles. The number of aryl methyl sites for hydroxylation is 2. The van der Waals surface area contributed by atoms with Crippen molar-refractivity contribution in [3.63, 3.8) is 0 Å². The number of nitrogens with zero attached hydrogens (tertiary/aromatic N) is 2. The molecule has 0 aliphatic carbocycles. The zero-order valence-electron chi connectivity index (χ0n) is 11.2. The van der Waals surface area contributed by atoms with Crippen LogP contribution in [0.1, 0.15) is 24.6 Å². The quantitative estimate of drug-likeness (QED) is 0.655. The van der Waals surface area contributed by atoms with Crippen LogP contribution in [0.25, 0.3) is 0 Å². The van der Waals surface area contributed by atoms with Crippen molar-refractivity contribution in [3.8, 4) is 0 Å². The summed E-state index contributed by atoms with van der Waals surface area (Å²) < 4.78 is 25.9. The molecule has 0 saturated heterocycles. The van der Waals surface area contributed by atoms with Gasteiger partial charge in [0.05, 0.1) is 11.9 Å². The smallest absolute Gasteiger partial charge is 0.208 e. The second-order valence-electron chi connectivity index (χ2n) is 4.33. The molecular formula is C11H22N4O2S. The fourth-order valence-corrected chi connectivity index (χ4v) is 2.24. The van der Waals surface area contributed by atoms with Crippen molar-refractivity contribution in [1.29, 1.82) is 0 Å². The van der Waals surface area contributed by atoms with Crippen LogP contribution < -0.4 is 10.0 Å². The number of nitrogens with one attached hydrogen (secondary N) is 2. The maximum absolute atomic E-state index is 10.8. The minimum absolute atomic E-state index is 0.472. The van der Waals surface area contributed by atoms with Crippen molar-refractivity contribution in [2.75, 3.05) is 19.3 Å². The molecule has 2 N–H and O–H groups in total. The lowest BCUT2D eigenvalue weighted by Crippen LogP contribution is -2.26. The Balaban J connectivity index is 2.21. The zero-order chi connectivity index (χ0) is 13.6. The molecule has 0 saturated carbocycles. The molecule has 0 radical (unpaired) electrons. The first-order chi connectivity index (χ1) is 8.42. The highest BCUT2D eigenvalue weighted by molar-refractivity contribution is 7.88. The van der Waals surface area contributed by atoms with E-state index in [1.54, 1.807) is 0 Å². The maximum Gasteiger partial charge on any atom is 0.208 e. The predicted octanol–water partition coefficient (Wildman–Crippen LogP) is 0.0114. The summed E-state index contributed by atoms with van der Waals surface area (Å²) in [4.78, 5) is 0. The minimum atomic E-state index is -3.06. The number of aromatic nitrogens is 2. The highest BCUT2D eigenvalue weighted by atomic mass is 32.2. The van der Waals surface area contributed by atoms with Gasteiger partial charge in [-0.25, -0.2) is 13.1 Å². The predicted molar refractivity (Wildman–Crippen MR) is 71.8 cm³/mol. The van der Waals surface area contributed by atoms with Crippen LogP contribution in [-0.4, -0.2) is 37.5 Å². The van der Waals surface area contributed by atoms with E-state index in [1.807, 2.05) is 17.9 Å². The number of sulfonamides is 1. The molecule has 7 heteroatoms. The highest BCUT2D eigenvalue weighted by Crippen LogP contribution is 2.06. The second-order valence-corrected chi connectivity index (χ2v) is 6.16. The van der Waals surface area contributed by atoms with E-state index in [9.17, 15) is 8.42 Å². The van der Waals surface area contributed by atoms with Crippen LogP contribution in [0.15, 0.2) is 6.20 Å². The molecular weight excluding hydrogens is 252 g/mol. The fourth-order valence-electron chi connectivity index (χ4n) is 1.72. The first-order valence-electron chi connectivity index (χ1n) is 6.09. The van der Waals surface area contributed by atoms with Gasteiger partial charge in [0.15, 0.2) is 0 Å². The molecule has 1 aromatic heterocycles. The molecule has 0 atom stereocenters. The lowest BCUT2D eigenvalue weighted by molar-refractivity contribution is 0.579. The van der Waals surface area contributed by atoms with Gasteiger partial charge in [-0.1, -0.05) is 6.92 Å². The first-order valence-corrected chi connectivity index (χ1v) is 7.98. The Hall–Kier alpha value is -0.920. The van der Waals surface area contributed by atoms with Gasteiger partial charge in [-0.05, 0) is 19.4 Å². The van der Waals surface area contributed by atoms with Crippen LogP contribution in [0, 0.1) is 0 Å². The van der Waals surface area contributed by atoms with Crippen molar-refractivity contribution >= 4 is 10.0 Å². The Kier molecular flexibility index (Phi) is 5.77. The first kappa shape index (κ1) is 15.1. The van der Waals surface area contributed by atoms with Crippen LogP contribution in [0.3, 0.4) is 0 Å². The van der Waals surface area contributed by atoms with E-state index in [1.165, 1.54) is 11.8 Å². The average Bonchev–Trinajstić information content (AvgIpc) is 2.62. The molecule has 0 amide bonds. The molecule has 0 bridgehead atoms. The van der Waals surface area contributed by atoms with Crippen LogP contribution in [0.2, 0.25) is 0 Å². The van der Waals surface area contributed by atoms with Crippen LogP contribution in [0.4, 0.5) is 0 Å². The van der Waals surface area contributed by atoms with E-state index < -0.39 is 10.0 Å². The summed E-state index contributed by atoms with van der Waals surface area (Å²) in [5, 5.41) is 7.65. The molecule has 0 spiro atoms. The fraction of sp³-hybridized carbons (Fsp3) is 0.727. The summed E-state index contributed by atoms with van der Waals surface area (Å²) in [7, 11) is -1.15. The molecule has 0 fully saturated rings. The third kappa shape index (κ3) is 5.61. The molecule has 1 heterocycles. The average molecular weight is 274 g/mol. The third-order valence-corrected chi connectivity index (χ3v) is 3.27. The summed E-state index contributed by atoms with van der Waals surface area (Å²) >= 11 is 0. The van der Waals surface area contributed by atoms with Gasteiger partial charge in [0.1, 0.15) is 0 Å². The topological polar surface area (TPSA) is 76.0 Å². The summed E-state index contributed by atoms with van der Waals surface area (Å²) in [6, 6.07) is 0. The van der Waals surface area contributed by atoms with E-state index >= 15 is 0 Å². The third-order valence-electron chi connectivity index (χ3n) is 2.54. The van der Waals surface area contributed by atoms with Crippen molar-refractivity contribution in [1.82, 2.24) is 19.8 Å². The lowest BCUT2D eigenvalue weighted by Gasteiger charge is -2.05. The molecule has 0 unspecified atom stereocenters. The van der Waals surface area contributed by atoms with Gasteiger partial charge >= 0.3 is 0 Å². The van der Waals surface area contributed by atoms with Crippen molar-refractivity contribution < 1.29 is 8.42 Å². The van der Waals surface area contributed by atoms with E-state index in [-0.39, 0.29) is 0 Å². The lowest BCUT2D eigenvalue weighted by atomic mass is 10.2. The van der Waals surface area contributed by atoms with Gasteiger partial charge in [-0.15, -0.1) is 0 Å². The molecule has 0 aliphatic rings. The van der Waals surface area contributed by atoms with Gasteiger partial charge in [0, 0.05) is 31.9 Å². The van der Waals surface area contributed by atoms with E-state index in [0.29, 0.717) is 6.54 Å². The van der Waals surface area contributed by atoms with Crippen LogP contribution in [-0.2, 0) is 30.0 Å². The van der Waals surface area contributed by atoms with Gasteiger partial charge in [-0.3, -0.25) is 4.68 Å². The minimum Gasteiger partial charge on any atom is -0.312 e. The molecule has 104 valence electrons. The Morgan fingerprint density at radius 3 is 2.72 bits per heavy atom. The summed E-state index contributed by atoms with van der Waals surface area (Å²) in [5.74, 6) is 0. The standard InChI is InChI=1S/C11H22N4O2S/c1-4-11-10(9-15(2)14-11)8-12-6-5-7-13-18(3,16)17/h9,12-13H,4-8H2,1-3H3. The van der Waals surface area contributed by atoms with Crippen molar-refractivity contribution in [3.05, 3.63) is 17.5 Å². The second kappa shape index (κ2) is 6.86. The zero-order valence-corrected chi connectivity index (χ0v) is 12.0. The maximum atomic E-state index is 10.8. The van der Waals surface area contributed by atoms with Crippen molar-refractivity contribution in [2.24, 2.45) is 7.05 Å². The van der Waals surface area contributed by atoms with E-state index in [4.69, 9.17) is 0 Å². The molecule has 18 heavy (non-hydrogen) atoms. The highest BCUT2D eigenvalue weighted by Gasteiger charge is 2.04. The Morgan fingerprint density at radius 1 is 1.39 bits per heavy atom. The number of hydrogen-bond donors (Lipinski definition) is 2. The van der Waals surface area contributed by atoms with Gasteiger partial charge in [-0.2, -0.15) is 5.10 Å². The van der Waals surface area contributed by atoms with Crippen LogP contribution in [0.5, 0.6) is 0 Å². The molecule has 6 nitrogen and oxygen atoms in total. The SMILES string of the molecule is CCc1nn(C)cc1CNCCCNS(C)(=O)=O. The van der Waals surface area contributed by atoms with E-state index in [2.05, 4.69) is 22.1 Å². The molecule has 1 rings (SSSR count). The monoisotopic (exact) mass is 274 g/mol. The number of hydrogen-bond acceptors (Lipinski definition) is 4. The summed E-state index contributed by atoms with van der Waals surface area (Å²) in [5.41, 5.74) is 2.32. The Labute approximate surface area is 109 Å². The summed E-state index contributed by atoms with van der Waals surface area (Å²) in [6.45, 7) is 4.11. The summed E-state index contributed by atoms with van der Waals surface area (Å²) in [6.07, 6.45) is 4.88. The van der Waals surface area contributed by atoms with E-state index in [0.717, 1.165) is 31.6 Å². The van der Waals surface area contributed by atoms with Gasteiger partial charge in [0.25, 0.3) is 0 Å².